The number of fused-ring (bicyclic) bond motifs is 2. The smallest absolute Gasteiger partial charge is 0.427 e. The summed E-state index contributed by atoms with van der Waals surface area (Å²) in [6.45, 7) is 2.15. The highest BCUT2D eigenvalue weighted by molar-refractivity contribution is 7.86. The van der Waals surface area contributed by atoms with Crippen molar-refractivity contribution in [3.63, 3.8) is 0 Å². The minimum absolute atomic E-state index is 0.104. The molecule has 4 N–H and O–H groups in total. The largest absolute Gasteiger partial charge is 0.451 e. The average molecular weight is 331 g/mol. The number of piperidine rings is 2. The number of nitrogens with two attached hydrogens (primary N) is 1. The second-order valence-corrected chi connectivity index (χ2v) is 9.11. The van der Waals surface area contributed by atoms with Crippen LogP contribution < -0.4 is 5.73 Å². The molecule has 3 aliphatic heterocycles. The standard InChI is InChI=1S/C13H26BN3O4S/c15-13-9-17(8-12(13)2-1-3-14(18)19)22(20,21)16-6-10-4-11(5-10)7-16/h10-13,18-19H,1-9,15H2/t10?,11?,12-,13-/m0/s1. The van der Waals surface area contributed by atoms with E-state index in [1.54, 1.807) is 4.31 Å². The molecular formula is C13H26BN3O4S. The van der Waals surface area contributed by atoms with Gasteiger partial charge in [0, 0.05) is 32.2 Å². The lowest BCUT2D eigenvalue weighted by Gasteiger charge is -2.47. The molecule has 7 nitrogen and oxygen atoms in total. The Morgan fingerprint density at radius 3 is 2.23 bits per heavy atom. The Labute approximate surface area is 132 Å². The maximum atomic E-state index is 12.7. The predicted octanol–water partition coefficient (Wildman–Crippen LogP) is -0.915. The first-order valence-electron chi connectivity index (χ1n) is 8.23. The van der Waals surface area contributed by atoms with Crippen LogP contribution in [-0.2, 0) is 10.2 Å². The van der Waals surface area contributed by atoms with Crippen molar-refractivity contribution < 1.29 is 18.5 Å². The monoisotopic (exact) mass is 331 g/mol. The molecule has 22 heavy (non-hydrogen) atoms. The van der Waals surface area contributed by atoms with Crippen LogP contribution in [0.25, 0.3) is 0 Å². The van der Waals surface area contributed by atoms with E-state index < -0.39 is 17.3 Å². The lowest BCUT2D eigenvalue weighted by molar-refractivity contribution is 0.0733. The maximum Gasteiger partial charge on any atom is 0.451 e. The first-order valence-corrected chi connectivity index (χ1v) is 9.63. The summed E-state index contributed by atoms with van der Waals surface area (Å²) in [4.78, 5) is 0. The van der Waals surface area contributed by atoms with Crippen LogP contribution in [0.3, 0.4) is 0 Å². The van der Waals surface area contributed by atoms with Gasteiger partial charge in [-0.25, -0.2) is 0 Å². The molecule has 9 heteroatoms. The van der Waals surface area contributed by atoms with Crippen molar-refractivity contribution in [2.75, 3.05) is 26.2 Å². The fraction of sp³-hybridized carbons (Fsp3) is 1.00. The molecule has 0 unspecified atom stereocenters. The maximum absolute atomic E-state index is 12.7. The third-order valence-electron chi connectivity index (χ3n) is 5.40. The number of hydrogen-bond acceptors (Lipinski definition) is 5. The summed E-state index contributed by atoms with van der Waals surface area (Å²) in [5.41, 5.74) is 6.10. The Bertz CT molecular complexity index is 488. The highest BCUT2D eigenvalue weighted by Gasteiger charge is 2.45. The summed E-state index contributed by atoms with van der Waals surface area (Å²) in [6.07, 6.45) is 4.05. The molecule has 0 aromatic carbocycles. The average Bonchev–Trinajstić information content (AvgIpc) is 2.80. The van der Waals surface area contributed by atoms with E-state index in [0.29, 0.717) is 50.8 Å². The number of hydrogen-bond donors (Lipinski definition) is 3. The minimum atomic E-state index is -3.38. The van der Waals surface area contributed by atoms with Crippen molar-refractivity contribution in [2.45, 2.75) is 38.0 Å². The van der Waals surface area contributed by atoms with Gasteiger partial charge >= 0.3 is 7.12 Å². The van der Waals surface area contributed by atoms with E-state index in [2.05, 4.69) is 0 Å². The molecule has 0 radical (unpaired) electrons. The summed E-state index contributed by atoms with van der Waals surface area (Å²) < 4.78 is 28.7. The summed E-state index contributed by atoms with van der Waals surface area (Å²) >= 11 is 0. The van der Waals surface area contributed by atoms with Crippen LogP contribution >= 0.6 is 0 Å². The van der Waals surface area contributed by atoms with E-state index in [0.717, 1.165) is 6.42 Å². The van der Waals surface area contributed by atoms with Crippen molar-refractivity contribution in [3.8, 4) is 0 Å². The fourth-order valence-corrected chi connectivity index (χ4v) is 5.95. The Morgan fingerprint density at radius 2 is 1.64 bits per heavy atom. The molecule has 0 aromatic rings. The van der Waals surface area contributed by atoms with Crippen LogP contribution in [-0.4, -0.2) is 66.4 Å². The van der Waals surface area contributed by atoms with Gasteiger partial charge in [0.05, 0.1) is 0 Å². The number of rotatable bonds is 6. The molecule has 1 aliphatic carbocycles. The third-order valence-corrected chi connectivity index (χ3v) is 7.31. The van der Waals surface area contributed by atoms with Gasteiger partial charge in [0.2, 0.25) is 0 Å². The van der Waals surface area contributed by atoms with E-state index in [9.17, 15) is 8.42 Å². The van der Waals surface area contributed by atoms with E-state index >= 15 is 0 Å². The summed E-state index contributed by atoms with van der Waals surface area (Å²) in [7, 11) is -4.68. The molecule has 3 saturated heterocycles. The van der Waals surface area contributed by atoms with Crippen molar-refractivity contribution in [2.24, 2.45) is 23.5 Å². The molecule has 4 aliphatic rings. The van der Waals surface area contributed by atoms with E-state index in [-0.39, 0.29) is 12.0 Å². The van der Waals surface area contributed by atoms with Crippen molar-refractivity contribution in [1.82, 2.24) is 8.61 Å². The highest BCUT2D eigenvalue weighted by atomic mass is 32.2. The molecule has 2 bridgehead atoms. The van der Waals surface area contributed by atoms with Gasteiger partial charge in [-0.05, 0) is 43.3 Å². The van der Waals surface area contributed by atoms with Crippen LogP contribution in [0.1, 0.15) is 25.7 Å². The molecule has 4 rings (SSSR count). The van der Waals surface area contributed by atoms with Gasteiger partial charge in [0.15, 0.2) is 0 Å². The zero-order valence-electron chi connectivity index (χ0n) is 12.8. The van der Waals surface area contributed by atoms with Crippen LogP contribution in [0, 0.1) is 17.8 Å². The summed E-state index contributed by atoms with van der Waals surface area (Å²) in [6, 6.07) is -0.162. The van der Waals surface area contributed by atoms with Gasteiger partial charge in [0.1, 0.15) is 0 Å². The summed E-state index contributed by atoms with van der Waals surface area (Å²) in [5.74, 6) is 1.20. The van der Waals surface area contributed by atoms with Gasteiger partial charge in [-0.15, -0.1) is 0 Å². The quantitative estimate of drug-likeness (QED) is 0.546. The molecular weight excluding hydrogens is 305 g/mol. The van der Waals surface area contributed by atoms with Crippen LogP contribution in [0.15, 0.2) is 0 Å². The molecule has 2 atom stereocenters. The van der Waals surface area contributed by atoms with E-state index in [1.165, 1.54) is 17.1 Å². The zero-order valence-corrected chi connectivity index (χ0v) is 13.7. The van der Waals surface area contributed by atoms with Crippen LogP contribution in [0.2, 0.25) is 6.32 Å². The molecule has 0 amide bonds. The topological polar surface area (TPSA) is 107 Å². The highest BCUT2D eigenvalue weighted by Crippen LogP contribution is 2.41. The van der Waals surface area contributed by atoms with Gasteiger partial charge in [0.25, 0.3) is 10.2 Å². The second kappa shape index (κ2) is 6.37. The van der Waals surface area contributed by atoms with E-state index in [1.807, 2.05) is 0 Å². The fourth-order valence-electron chi connectivity index (χ4n) is 4.09. The molecule has 4 fully saturated rings. The van der Waals surface area contributed by atoms with Gasteiger partial charge < -0.3 is 15.8 Å². The Balaban J connectivity index is 1.56. The lowest BCUT2D eigenvalue weighted by atomic mass is 9.72. The predicted molar refractivity (Wildman–Crippen MR) is 84.0 cm³/mol. The lowest BCUT2D eigenvalue weighted by Crippen LogP contribution is -2.54. The third kappa shape index (κ3) is 3.34. The van der Waals surface area contributed by atoms with Crippen molar-refractivity contribution >= 4 is 17.3 Å². The molecule has 0 aromatic heterocycles. The van der Waals surface area contributed by atoms with E-state index in [4.69, 9.17) is 15.8 Å². The Morgan fingerprint density at radius 1 is 1.05 bits per heavy atom. The van der Waals surface area contributed by atoms with Crippen molar-refractivity contribution in [1.29, 1.82) is 0 Å². The van der Waals surface area contributed by atoms with Gasteiger partial charge in [-0.1, -0.05) is 6.42 Å². The first-order chi connectivity index (χ1) is 10.4. The normalized spacial score (nSPS) is 36.3. The zero-order chi connectivity index (χ0) is 15.9. The number of nitrogens with zero attached hydrogens (tertiary/aromatic N) is 2. The first kappa shape index (κ1) is 16.7. The Kier molecular flexibility index (Phi) is 4.83. The van der Waals surface area contributed by atoms with Gasteiger partial charge in [-0.2, -0.15) is 17.0 Å². The minimum Gasteiger partial charge on any atom is -0.427 e. The summed E-state index contributed by atoms with van der Waals surface area (Å²) in [5, 5.41) is 17.8. The second-order valence-electron chi connectivity index (χ2n) is 7.18. The van der Waals surface area contributed by atoms with Crippen LogP contribution in [0.5, 0.6) is 0 Å². The van der Waals surface area contributed by atoms with Gasteiger partial charge in [-0.3, -0.25) is 0 Å². The van der Waals surface area contributed by atoms with Crippen LogP contribution in [0.4, 0.5) is 0 Å². The SMILES string of the molecule is N[C@H]1CN(S(=O)(=O)N2CC3CC(C3)C2)C[C@@H]1CCCB(O)O. The van der Waals surface area contributed by atoms with Crippen molar-refractivity contribution in [3.05, 3.63) is 0 Å². The Hall–Kier alpha value is -0.185. The molecule has 126 valence electrons. The molecule has 3 heterocycles. The molecule has 1 saturated carbocycles. The molecule has 0 spiro atoms.